The molecule has 6 heteroatoms. The number of amides is 1. The second kappa shape index (κ2) is 5.89. The van der Waals surface area contributed by atoms with Gasteiger partial charge >= 0.3 is 0 Å². The molecule has 1 amide bonds. The van der Waals surface area contributed by atoms with Gasteiger partial charge in [0.2, 0.25) is 5.91 Å². The number of nitrogens with zero attached hydrogens (tertiary/aromatic N) is 5. The van der Waals surface area contributed by atoms with E-state index in [-0.39, 0.29) is 5.91 Å². The second-order valence-electron chi connectivity index (χ2n) is 5.05. The molecule has 0 bridgehead atoms. The highest BCUT2D eigenvalue weighted by Gasteiger charge is 2.12. The molecule has 0 aliphatic carbocycles. The molecule has 23 heavy (non-hydrogen) atoms. The molecule has 6 nitrogen and oxygen atoms in total. The molecule has 0 radical (unpaired) electrons. The van der Waals surface area contributed by atoms with E-state index in [0.29, 0.717) is 17.8 Å². The molecule has 0 saturated carbocycles. The predicted octanol–water partition coefficient (Wildman–Crippen LogP) is 2.64. The third-order valence-corrected chi connectivity index (χ3v) is 3.69. The Hall–Kier alpha value is -3.20. The molecule has 3 aromatic rings. The largest absolute Gasteiger partial charge is 0.313 e. The molecule has 0 fully saturated rings. The van der Waals surface area contributed by atoms with E-state index in [1.165, 1.54) is 6.20 Å². The maximum atomic E-state index is 11.6. The van der Waals surface area contributed by atoms with E-state index in [2.05, 4.69) is 16.2 Å². The number of anilines is 1. The number of benzene rings is 1. The van der Waals surface area contributed by atoms with E-state index < -0.39 is 0 Å². The van der Waals surface area contributed by atoms with Gasteiger partial charge in [-0.15, -0.1) is 0 Å². The van der Waals surface area contributed by atoms with Crippen LogP contribution >= 0.6 is 0 Å². The van der Waals surface area contributed by atoms with Gasteiger partial charge in [-0.05, 0) is 25.1 Å². The minimum Gasteiger partial charge on any atom is -0.313 e. The van der Waals surface area contributed by atoms with Crippen LogP contribution in [0, 0.1) is 11.3 Å². The maximum absolute atomic E-state index is 11.6. The van der Waals surface area contributed by atoms with Crippen molar-refractivity contribution in [1.29, 1.82) is 5.26 Å². The van der Waals surface area contributed by atoms with Crippen molar-refractivity contribution >= 4 is 17.2 Å². The minimum atomic E-state index is 0.0114. The highest BCUT2D eigenvalue weighted by Crippen LogP contribution is 2.24. The summed E-state index contributed by atoms with van der Waals surface area (Å²) in [5, 5.41) is 13.3. The van der Waals surface area contributed by atoms with Crippen LogP contribution in [-0.4, -0.2) is 27.0 Å². The van der Waals surface area contributed by atoms with Crippen molar-refractivity contribution in [1.82, 2.24) is 14.6 Å². The summed E-state index contributed by atoms with van der Waals surface area (Å²) in [5.74, 6) is 0.0114. The molecule has 0 unspecified atom stereocenters. The average molecular weight is 305 g/mol. The number of rotatable bonds is 3. The Bertz CT molecular complexity index is 905. The van der Waals surface area contributed by atoms with E-state index in [4.69, 9.17) is 5.26 Å². The van der Waals surface area contributed by atoms with Gasteiger partial charge in [-0.3, -0.25) is 4.79 Å². The quantitative estimate of drug-likeness (QED) is 0.745. The van der Waals surface area contributed by atoms with Crippen LogP contribution in [0.5, 0.6) is 0 Å². The van der Waals surface area contributed by atoms with Gasteiger partial charge in [-0.25, -0.2) is 9.50 Å². The summed E-state index contributed by atoms with van der Waals surface area (Å²) >= 11 is 0. The fourth-order valence-corrected chi connectivity index (χ4v) is 2.59. The van der Waals surface area contributed by atoms with Crippen LogP contribution in [0.15, 0.2) is 42.7 Å². The van der Waals surface area contributed by atoms with E-state index in [1.54, 1.807) is 22.5 Å². The average Bonchev–Trinajstić information content (AvgIpc) is 2.99. The SMILES string of the molecule is CCN(C(C)=O)c1ccc(-c2ccnc3c(C#N)cnn23)cc1. The van der Waals surface area contributed by atoms with Crippen LogP contribution in [0.2, 0.25) is 0 Å². The normalized spacial score (nSPS) is 10.5. The van der Waals surface area contributed by atoms with E-state index in [0.717, 1.165) is 16.9 Å². The molecule has 114 valence electrons. The summed E-state index contributed by atoms with van der Waals surface area (Å²) in [5.41, 5.74) is 3.61. The van der Waals surface area contributed by atoms with Crippen LogP contribution in [0.3, 0.4) is 0 Å². The van der Waals surface area contributed by atoms with Gasteiger partial charge in [0.15, 0.2) is 5.65 Å². The van der Waals surface area contributed by atoms with Crippen LogP contribution in [0.25, 0.3) is 16.9 Å². The fraction of sp³-hybridized carbons (Fsp3) is 0.176. The first-order chi connectivity index (χ1) is 11.2. The summed E-state index contributed by atoms with van der Waals surface area (Å²) < 4.78 is 1.65. The monoisotopic (exact) mass is 305 g/mol. The first-order valence-corrected chi connectivity index (χ1v) is 7.27. The van der Waals surface area contributed by atoms with E-state index in [1.807, 2.05) is 37.3 Å². The molecule has 0 spiro atoms. The van der Waals surface area contributed by atoms with Crippen LogP contribution in [0.4, 0.5) is 5.69 Å². The van der Waals surface area contributed by atoms with Crippen molar-refractivity contribution in [2.24, 2.45) is 0 Å². The molecule has 2 aromatic heterocycles. The van der Waals surface area contributed by atoms with Crippen molar-refractivity contribution < 1.29 is 4.79 Å². The third kappa shape index (κ3) is 2.53. The zero-order valence-corrected chi connectivity index (χ0v) is 12.9. The van der Waals surface area contributed by atoms with E-state index >= 15 is 0 Å². The number of nitriles is 1. The molecular weight excluding hydrogens is 290 g/mol. The second-order valence-corrected chi connectivity index (χ2v) is 5.05. The van der Waals surface area contributed by atoms with Gasteiger partial charge in [0, 0.05) is 30.9 Å². The topological polar surface area (TPSA) is 74.3 Å². The Kier molecular flexibility index (Phi) is 3.77. The summed E-state index contributed by atoms with van der Waals surface area (Å²) in [7, 11) is 0. The van der Waals surface area contributed by atoms with Crippen molar-refractivity contribution in [3.05, 3.63) is 48.3 Å². The number of aromatic nitrogens is 3. The first-order valence-electron chi connectivity index (χ1n) is 7.27. The summed E-state index contributed by atoms with van der Waals surface area (Å²) in [6, 6.07) is 11.6. The highest BCUT2D eigenvalue weighted by atomic mass is 16.2. The predicted molar refractivity (Wildman–Crippen MR) is 86.8 cm³/mol. The number of carbonyl (C=O) groups is 1. The Morgan fingerprint density at radius 1 is 1.30 bits per heavy atom. The van der Waals surface area contributed by atoms with Crippen molar-refractivity contribution in [3.8, 4) is 17.3 Å². The molecule has 0 saturated heterocycles. The van der Waals surface area contributed by atoms with Gasteiger partial charge in [0.1, 0.15) is 11.6 Å². The summed E-state index contributed by atoms with van der Waals surface area (Å²) in [6.07, 6.45) is 3.17. The lowest BCUT2D eigenvalue weighted by atomic mass is 10.1. The fourth-order valence-electron chi connectivity index (χ4n) is 2.59. The molecule has 0 aliphatic rings. The van der Waals surface area contributed by atoms with Crippen LogP contribution < -0.4 is 4.90 Å². The molecular formula is C17H15N5O. The van der Waals surface area contributed by atoms with Gasteiger partial charge in [0.25, 0.3) is 0 Å². The standard InChI is InChI=1S/C17H15N5O/c1-3-21(12(2)23)15-6-4-13(5-7-15)16-8-9-19-17-14(10-18)11-20-22(16)17/h4-9,11H,3H2,1-2H3. The third-order valence-electron chi connectivity index (χ3n) is 3.69. The lowest BCUT2D eigenvalue weighted by Gasteiger charge is -2.19. The van der Waals surface area contributed by atoms with Gasteiger partial charge < -0.3 is 4.90 Å². The Morgan fingerprint density at radius 2 is 2.04 bits per heavy atom. The van der Waals surface area contributed by atoms with Gasteiger partial charge in [-0.1, -0.05) is 12.1 Å². The Balaban J connectivity index is 2.05. The first kappa shape index (κ1) is 14.7. The number of carbonyl (C=O) groups excluding carboxylic acids is 1. The Morgan fingerprint density at radius 3 is 2.65 bits per heavy atom. The van der Waals surface area contributed by atoms with Crippen LogP contribution in [0.1, 0.15) is 19.4 Å². The van der Waals surface area contributed by atoms with Crippen molar-refractivity contribution in [2.45, 2.75) is 13.8 Å². The zero-order chi connectivity index (χ0) is 16.4. The minimum absolute atomic E-state index is 0.0114. The lowest BCUT2D eigenvalue weighted by molar-refractivity contribution is -0.116. The van der Waals surface area contributed by atoms with Crippen LogP contribution in [-0.2, 0) is 4.79 Å². The highest BCUT2D eigenvalue weighted by molar-refractivity contribution is 5.91. The molecule has 0 atom stereocenters. The smallest absolute Gasteiger partial charge is 0.223 e. The molecule has 0 N–H and O–H groups in total. The summed E-state index contributed by atoms with van der Waals surface area (Å²) in [4.78, 5) is 17.5. The summed E-state index contributed by atoms with van der Waals surface area (Å²) in [6.45, 7) is 4.12. The maximum Gasteiger partial charge on any atom is 0.223 e. The van der Waals surface area contributed by atoms with Gasteiger partial charge in [0.05, 0.1) is 11.9 Å². The number of hydrogen-bond donors (Lipinski definition) is 0. The van der Waals surface area contributed by atoms with E-state index in [9.17, 15) is 4.79 Å². The number of fused-ring (bicyclic) bond motifs is 1. The Labute approximate surface area is 133 Å². The number of hydrogen-bond acceptors (Lipinski definition) is 4. The molecule has 1 aromatic carbocycles. The molecule has 3 rings (SSSR count). The zero-order valence-electron chi connectivity index (χ0n) is 12.9. The molecule has 2 heterocycles. The van der Waals surface area contributed by atoms with Crippen molar-refractivity contribution in [2.75, 3.05) is 11.4 Å². The lowest BCUT2D eigenvalue weighted by Crippen LogP contribution is -2.27. The van der Waals surface area contributed by atoms with Crippen molar-refractivity contribution in [3.63, 3.8) is 0 Å². The molecule has 0 aliphatic heterocycles. The van der Waals surface area contributed by atoms with Gasteiger partial charge in [-0.2, -0.15) is 10.4 Å².